The summed E-state index contributed by atoms with van der Waals surface area (Å²) >= 11 is 11.9. The minimum absolute atomic E-state index is 0.349. The quantitative estimate of drug-likeness (QED) is 0.592. The monoisotopic (exact) mass is 378 g/mol. The molecule has 0 fully saturated rings. The zero-order valence-corrected chi connectivity index (χ0v) is 16.1. The van der Waals surface area contributed by atoms with Crippen molar-refractivity contribution in [3.8, 4) is 5.75 Å². The molecule has 6 heteroatoms. The Morgan fingerprint density at radius 1 is 1.16 bits per heavy atom. The Labute approximate surface area is 157 Å². The molecular formula is C19H20Cl2N2O2. The highest BCUT2D eigenvalue weighted by molar-refractivity contribution is 6.35. The fraction of sp³-hybridized carbons (Fsp3) is 0.263. The van der Waals surface area contributed by atoms with Gasteiger partial charge in [0.25, 0.3) is 5.91 Å². The molecule has 0 spiro atoms. The average Bonchev–Trinajstić information content (AvgIpc) is 2.54. The number of aryl methyl sites for hydroxylation is 2. The van der Waals surface area contributed by atoms with Gasteiger partial charge >= 0.3 is 0 Å². The third-order valence-electron chi connectivity index (χ3n) is 3.67. The number of hydrogen-bond donors (Lipinski definition) is 1. The van der Waals surface area contributed by atoms with Gasteiger partial charge in [-0.05, 0) is 51.5 Å². The first-order valence-electron chi connectivity index (χ1n) is 7.81. The van der Waals surface area contributed by atoms with Crippen molar-refractivity contribution < 1.29 is 9.53 Å². The molecule has 0 heterocycles. The Morgan fingerprint density at radius 3 is 2.52 bits per heavy atom. The predicted molar refractivity (Wildman–Crippen MR) is 103 cm³/mol. The van der Waals surface area contributed by atoms with E-state index in [-0.39, 0.29) is 5.91 Å². The van der Waals surface area contributed by atoms with Crippen molar-refractivity contribution in [2.75, 3.05) is 0 Å². The second-order valence-corrected chi connectivity index (χ2v) is 6.67. The Bertz CT molecular complexity index is 819. The number of hydrazone groups is 1. The van der Waals surface area contributed by atoms with Gasteiger partial charge in [0.1, 0.15) is 5.75 Å². The maximum Gasteiger partial charge on any atom is 0.280 e. The van der Waals surface area contributed by atoms with E-state index in [1.54, 1.807) is 25.1 Å². The van der Waals surface area contributed by atoms with Crippen LogP contribution in [0.5, 0.6) is 5.75 Å². The molecule has 0 aliphatic carbocycles. The van der Waals surface area contributed by atoms with E-state index in [1.165, 1.54) is 5.56 Å². The van der Waals surface area contributed by atoms with Crippen molar-refractivity contribution in [1.29, 1.82) is 0 Å². The lowest BCUT2D eigenvalue weighted by atomic mass is 10.0. The van der Waals surface area contributed by atoms with E-state index in [1.807, 2.05) is 32.9 Å². The SMILES string of the molecule is CC(=NNC(=O)C(C)Oc1ccc(Cl)cc1Cl)c1ccc(C)cc1C. The highest BCUT2D eigenvalue weighted by Gasteiger charge is 2.16. The summed E-state index contributed by atoms with van der Waals surface area (Å²) in [6.07, 6.45) is -0.755. The number of carbonyl (C=O) groups excluding carboxylic acids is 1. The Kier molecular flexibility index (Phi) is 6.45. The number of halogens is 2. The molecule has 1 amide bonds. The van der Waals surface area contributed by atoms with E-state index < -0.39 is 6.10 Å². The van der Waals surface area contributed by atoms with Crippen LogP contribution in [-0.2, 0) is 4.79 Å². The van der Waals surface area contributed by atoms with E-state index in [4.69, 9.17) is 27.9 Å². The summed E-state index contributed by atoms with van der Waals surface area (Å²) in [5.41, 5.74) is 6.52. The standard InChI is InChI=1S/C19H20Cl2N2O2/c1-11-5-7-16(12(2)9-11)13(3)22-23-19(24)14(4)25-18-8-6-15(20)10-17(18)21/h5-10,14H,1-4H3,(H,23,24). The molecule has 0 saturated heterocycles. The predicted octanol–water partition coefficient (Wildman–Crippen LogP) is 4.92. The molecule has 0 aliphatic rings. The number of carbonyl (C=O) groups is 1. The highest BCUT2D eigenvalue weighted by Crippen LogP contribution is 2.28. The van der Waals surface area contributed by atoms with E-state index >= 15 is 0 Å². The molecule has 0 radical (unpaired) electrons. The third-order valence-corrected chi connectivity index (χ3v) is 4.20. The number of amides is 1. The van der Waals surface area contributed by atoms with Crippen LogP contribution in [0.1, 0.15) is 30.5 Å². The largest absolute Gasteiger partial charge is 0.479 e. The van der Waals surface area contributed by atoms with E-state index in [0.29, 0.717) is 15.8 Å². The summed E-state index contributed by atoms with van der Waals surface area (Å²) in [5, 5.41) is 5.02. The molecule has 4 nitrogen and oxygen atoms in total. The van der Waals surface area contributed by atoms with Gasteiger partial charge in [-0.1, -0.05) is 47.0 Å². The van der Waals surface area contributed by atoms with Gasteiger partial charge in [0, 0.05) is 10.6 Å². The Balaban J connectivity index is 2.03. The van der Waals surface area contributed by atoms with Gasteiger partial charge in [0.2, 0.25) is 0 Å². The molecule has 2 aromatic carbocycles. The highest BCUT2D eigenvalue weighted by atomic mass is 35.5. The van der Waals surface area contributed by atoms with Gasteiger partial charge in [-0.15, -0.1) is 0 Å². The zero-order valence-electron chi connectivity index (χ0n) is 14.6. The van der Waals surface area contributed by atoms with Gasteiger partial charge in [0.05, 0.1) is 10.7 Å². The molecule has 1 atom stereocenters. The topological polar surface area (TPSA) is 50.7 Å². The molecule has 1 unspecified atom stereocenters. The molecule has 132 valence electrons. The molecule has 2 aromatic rings. The van der Waals surface area contributed by atoms with E-state index in [2.05, 4.69) is 16.6 Å². The van der Waals surface area contributed by atoms with Crippen LogP contribution in [0.3, 0.4) is 0 Å². The van der Waals surface area contributed by atoms with Crippen LogP contribution in [0.25, 0.3) is 0 Å². The van der Waals surface area contributed by atoms with Crippen LogP contribution in [0.15, 0.2) is 41.5 Å². The fourth-order valence-electron chi connectivity index (χ4n) is 2.32. The molecule has 0 aliphatic heterocycles. The van der Waals surface area contributed by atoms with Gasteiger partial charge in [-0.25, -0.2) is 5.43 Å². The molecule has 0 aromatic heterocycles. The lowest BCUT2D eigenvalue weighted by Gasteiger charge is -2.14. The first kappa shape index (κ1) is 19.3. The summed E-state index contributed by atoms with van der Waals surface area (Å²) < 4.78 is 5.57. The Hall–Kier alpha value is -2.04. The van der Waals surface area contributed by atoms with Crippen molar-refractivity contribution >= 4 is 34.8 Å². The van der Waals surface area contributed by atoms with Crippen molar-refractivity contribution in [2.24, 2.45) is 5.10 Å². The number of nitrogens with one attached hydrogen (secondary N) is 1. The van der Waals surface area contributed by atoms with Crippen LogP contribution >= 0.6 is 23.2 Å². The summed E-state index contributed by atoms with van der Waals surface area (Å²) in [5.74, 6) is 0.0268. The molecule has 0 bridgehead atoms. The molecular weight excluding hydrogens is 359 g/mol. The van der Waals surface area contributed by atoms with Crippen molar-refractivity contribution in [3.63, 3.8) is 0 Å². The second kappa shape index (κ2) is 8.37. The molecule has 2 rings (SSSR count). The lowest BCUT2D eigenvalue weighted by Crippen LogP contribution is -2.34. The fourth-order valence-corrected chi connectivity index (χ4v) is 2.78. The van der Waals surface area contributed by atoms with Gasteiger partial charge < -0.3 is 4.74 Å². The van der Waals surface area contributed by atoms with Crippen LogP contribution in [-0.4, -0.2) is 17.7 Å². The number of hydrogen-bond acceptors (Lipinski definition) is 3. The van der Waals surface area contributed by atoms with Crippen LogP contribution in [0.4, 0.5) is 0 Å². The molecule has 25 heavy (non-hydrogen) atoms. The summed E-state index contributed by atoms with van der Waals surface area (Å²) in [6, 6.07) is 10.9. The first-order chi connectivity index (χ1) is 11.8. The lowest BCUT2D eigenvalue weighted by molar-refractivity contribution is -0.127. The average molecular weight is 379 g/mol. The van der Waals surface area contributed by atoms with Crippen LogP contribution < -0.4 is 10.2 Å². The number of ether oxygens (including phenoxy) is 1. The summed E-state index contributed by atoms with van der Waals surface area (Å²) in [7, 11) is 0. The van der Waals surface area contributed by atoms with E-state index in [0.717, 1.165) is 16.8 Å². The maximum absolute atomic E-state index is 12.2. The Morgan fingerprint density at radius 2 is 1.88 bits per heavy atom. The van der Waals surface area contributed by atoms with Crippen molar-refractivity contribution in [1.82, 2.24) is 5.43 Å². The van der Waals surface area contributed by atoms with E-state index in [9.17, 15) is 4.79 Å². The third kappa shape index (κ3) is 5.21. The molecule has 0 saturated carbocycles. The van der Waals surface area contributed by atoms with Crippen LogP contribution in [0, 0.1) is 13.8 Å². The minimum atomic E-state index is -0.755. The number of rotatable bonds is 5. The minimum Gasteiger partial charge on any atom is -0.479 e. The zero-order chi connectivity index (χ0) is 18.6. The summed E-state index contributed by atoms with van der Waals surface area (Å²) in [6.45, 7) is 7.52. The second-order valence-electron chi connectivity index (χ2n) is 5.83. The van der Waals surface area contributed by atoms with Gasteiger partial charge in [0.15, 0.2) is 6.10 Å². The number of nitrogens with zero attached hydrogens (tertiary/aromatic N) is 1. The smallest absolute Gasteiger partial charge is 0.280 e. The molecule has 1 N–H and O–H groups in total. The maximum atomic E-state index is 12.2. The van der Waals surface area contributed by atoms with Crippen molar-refractivity contribution in [2.45, 2.75) is 33.8 Å². The van der Waals surface area contributed by atoms with Gasteiger partial charge in [-0.2, -0.15) is 5.10 Å². The number of benzene rings is 2. The summed E-state index contributed by atoms with van der Waals surface area (Å²) in [4.78, 5) is 12.2. The first-order valence-corrected chi connectivity index (χ1v) is 8.57. The van der Waals surface area contributed by atoms with Gasteiger partial charge in [-0.3, -0.25) is 4.79 Å². The van der Waals surface area contributed by atoms with Crippen molar-refractivity contribution in [3.05, 3.63) is 63.1 Å². The normalized spacial score (nSPS) is 12.6. The van der Waals surface area contributed by atoms with Crippen LogP contribution in [0.2, 0.25) is 10.0 Å².